The van der Waals surface area contributed by atoms with Crippen molar-refractivity contribution in [3.63, 3.8) is 0 Å². The van der Waals surface area contributed by atoms with Gasteiger partial charge in [-0.1, -0.05) is 24.3 Å². The maximum Gasteiger partial charge on any atom is 0.321 e. The second-order valence-corrected chi connectivity index (χ2v) is 6.66. The Morgan fingerprint density at radius 2 is 1.96 bits per heavy atom. The van der Waals surface area contributed by atoms with Crippen LogP contribution in [-0.4, -0.2) is 42.2 Å². The van der Waals surface area contributed by atoms with Crippen LogP contribution in [0.2, 0.25) is 0 Å². The minimum Gasteiger partial charge on any atom is -0.379 e. The fraction of sp³-hybridized carbons (Fsp3) is 0.412. The zero-order valence-corrected chi connectivity index (χ0v) is 14.6. The molecule has 0 spiro atoms. The van der Waals surface area contributed by atoms with E-state index < -0.39 is 0 Å². The fourth-order valence-electron chi connectivity index (χ4n) is 2.52. The molecule has 1 saturated heterocycles. The first-order valence-electron chi connectivity index (χ1n) is 8.04. The second-order valence-electron chi connectivity index (χ2n) is 5.81. The van der Waals surface area contributed by atoms with Gasteiger partial charge in [0.1, 0.15) is 0 Å². The molecule has 0 atom stereocenters. The van der Waals surface area contributed by atoms with Gasteiger partial charge in [0, 0.05) is 31.6 Å². The summed E-state index contributed by atoms with van der Waals surface area (Å²) in [6.07, 6.45) is 0. The van der Waals surface area contributed by atoms with Crippen molar-refractivity contribution in [2.24, 2.45) is 0 Å². The Labute approximate surface area is 145 Å². The third kappa shape index (κ3) is 5.02. The van der Waals surface area contributed by atoms with Crippen LogP contribution in [0.3, 0.4) is 0 Å². The lowest BCUT2D eigenvalue weighted by Gasteiger charge is -2.26. The van der Waals surface area contributed by atoms with Crippen LogP contribution < -0.4 is 10.6 Å². The molecule has 6 nitrogen and oxygen atoms in total. The molecule has 2 aromatic rings. The van der Waals surface area contributed by atoms with E-state index >= 15 is 0 Å². The first-order chi connectivity index (χ1) is 11.7. The lowest BCUT2D eigenvalue weighted by molar-refractivity contribution is 0.0342. The van der Waals surface area contributed by atoms with Crippen molar-refractivity contribution in [2.75, 3.05) is 31.6 Å². The molecule has 128 valence electrons. The van der Waals surface area contributed by atoms with E-state index in [1.165, 1.54) is 16.9 Å². The molecule has 1 aromatic heterocycles. The van der Waals surface area contributed by atoms with E-state index in [1.54, 1.807) is 0 Å². The van der Waals surface area contributed by atoms with E-state index in [-0.39, 0.29) is 6.03 Å². The van der Waals surface area contributed by atoms with E-state index in [0.29, 0.717) is 11.7 Å². The van der Waals surface area contributed by atoms with E-state index in [1.807, 2.05) is 12.3 Å². The van der Waals surface area contributed by atoms with Gasteiger partial charge in [-0.2, -0.15) is 0 Å². The number of amides is 2. The maximum absolute atomic E-state index is 11.9. The Morgan fingerprint density at radius 3 is 2.62 bits per heavy atom. The largest absolute Gasteiger partial charge is 0.379 e. The molecule has 1 aliphatic rings. The number of hydrogen-bond acceptors (Lipinski definition) is 5. The van der Waals surface area contributed by atoms with Gasteiger partial charge in [-0.05, 0) is 18.1 Å². The standard InChI is InChI=1S/C17H22N4O2S/c1-13-12-24-17(19-13)20-16(22)18-10-14-2-4-15(5-3-14)11-21-6-8-23-9-7-21/h2-5,12H,6-11H2,1H3,(H2,18,19,20,22). The summed E-state index contributed by atoms with van der Waals surface area (Å²) in [5, 5.41) is 8.11. The Hall–Kier alpha value is -1.96. The highest BCUT2D eigenvalue weighted by molar-refractivity contribution is 7.13. The number of carbonyl (C=O) groups excluding carboxylic acids is 1. The van der Waals surface area contributed by atoms with Crippen LogP contribution in [0.15, 0.2) is 29.6 Å². The van der Waals surface area contributed by atoms with Crippen molar-refractivity contribution in [3.05, 3.63) is 46.5 Å². The van der Waals surface area contributed by atoms with Crippen molar-refractivity contribution in [3.8, 4) is 0 Å². The molecule has 7 heteroatoms. The van der Waals surface area contributed by atoms with E-state index in [2.05, 4.69) is 44.8 Å². The molecule has 2 N–H and O–H groups in total. The average Bonchev–Trinajstić information content (AvgIpc) is 3.00. The summed E-state index contributed by atoms with van der Waals surface area (Å²) in [4.78, 5) is 18.4. The average molecular weight is 346 g/mol. The molecule has 3 rings (SSSR count). The van der Waals surface area contributed by atoms with Crippen LogP contribution in [0.1, 0.15) is 16.8 Å². The maximum atomic E-state index is 11.9. The number of ether oxygens (including phenoxy) is 1. The van der Waals surface area contributed by atoms with Crippen molar-refractivity contribution in [2.45, 2.75) is 20.0 Å². The highest BCUT2D eigenvalue weighted by Crippen LogP contribution is 2.14. The molecule has 0 saturated carbocycles. The van der Waals surface area contributed by atoms with E-state index in [0.717, 1.165) is 44.1 Å². The highest BCUT2D eigenvalue weighted by Gasteiger charge is 2.10. The SMILES string of the molecule is Cc1csc(NC(=O)NCc2ccc(CN3CCOCC3)cc2)n1. The normalized spacial score (nSPS) is 15.2. The summed E-state index contributed by atoms with van der Waals surface area (Å²) < 4.78 is 5.36. The van der Waals surface area contributed by atoms with Crippen LogP contribution in [0.5, 0.6) is 0 Å². The molecular formula is C17H22N4O2S. The van der Waals surface area contributed by atoms with Gasteiger partial charge in [0.05, 0.1) is 18.9 Å². The number of carbonyl (C=O) groups is 1. The number of benzene rings is 1. The number of rotatable bonds is 5. The first-order valence-corrected chi connectivity index (χ1v) is 8.92. The highest BCUT2D eigenvalue weighted by atomic mass is 32.1. The van der Waals surface area contributed by atoms with E-state index in [9.17, 15) is 4.79 Å². The van der Waals surface area contributed by atoms with Gasteiger partial charge < -0.3 is 10.1 Å². The predicted octanol–water partition coefficient (Wildman–Crippen LogP) is 2.61. The van der Waals surface area contributed by atoms with Gasteiger partial charge >= 0.3 is 6.03 Å². The monoisotopic (exact) mass is 346 g/mol. The van der Waals surface area contributed by atoms with Crippen molar-refractivity contribution in [1.82, 2.24) is 15.2 Å². The lowest BCUT2D eigenvalue weighted by atomic mass is 10.1. The Bertz CT molecular complexity index is 665. The molecule has 1 aromatic carbocycles. The fourth-order valence-corrected chi connectivity index (χ4v) is 3.20. The van der Waals surface area contributed by atoms with Gasteiger partial charge in [-0.3, -0.25) is 10.2 Å². The molecule has 1 aliphatic heterocycles. The second kappa shape index (κ2) is 8.23. The first kappa shape index (κ1) is 16.9. The third-order valence-corrected chi connectivity index (χ3v) is 4.70. The Balaban J connectivity index is 1.44. The number of morpholine rings is 1. The number of aromatic nitrogens is 1. The molecule has 24 heavy (non-hydrogen) atoms. The summed E-state index contributed by atoms with van der Waals surface area (Å²) in [6, 6.07) is 8.12. The molecule has 0 unspecified atom stereocenters. The number of aryl methyl sites for hydroxylation is 1. The molecule has 2 heterocycles. The zero-order valence-electron chi connectivity index (χ0n) is 13.7. The molecular weight excluding hydrogens is 324 g/mol. The Morgan fingerprint density at radius 1 is 1.25 bits per heavy atom. The summed E-state index contributed by atoms with van der Waals surface area (Å²) >= 11 is 1.42. The van der Waals surface area contributed by atoms with Crippen molar-refractivity contribution >= 4 is 22.5 Å². The van der Waals surface area contributed by atoms with Gasteiger partial charge in [-0.25, -0.2) is 9.78 Å². The minimum absolute atomic E-state index is 0.234. The van der Waals surface area contributed by atoms with Gasteiger partial charge in [-0.15, -0.1) is 11.3 Å². The molecule has 0 aliphatic carbocycles. The van der Waals surface area contributed by atoms with Crippen LogP contribution in [0, 0.1) is 6.92 Å². The molecule has 1 fully saturated rings. The zero-order chi connectivity index (χ0) is 16.8. The third-order valence-electron chi connectivity index (χ3n) is 3.83. The van der Waals surface area contributed by atoms with Crippen LogP contribution in [0.25, 0.3) is 0 Å². The summed E-state index contributed by atoms with van der Waals surface area (Å²) in [5.74, 6) is 0. The summed E-state index contributed by atoms with van der Waals surface area (Å²) in [7, 11) is 0. The minimum atomic E-state index is -0.234. The van der Waals surface area contributed by atoms with E-state index in [4.69, 9.17) is 4.74 Å². The lowest BCUT2D eigenvalue weighted by Crippen LogP contribution is -2.35. The Kier molecular flexibility index (Phi) is 5.79. The number of nitrogens with zero attached hydrogens (tertiary/aromatic N) is 2. The smallest absolute Gasteiger partial charge is 0.321 e. The van der Waals surface area contributed by atoms with Crippen molar-refractivity contribution in [1.29, 1.82) is 0 Å². The number of urea groups is 1. The van der Waals surface area contributed by atoms with Crippen molar-refractivity contribution < 1.29 is 9.53 Å². The topological polar surface area (TPSA) is 66.5 Å². The van der Waals surface area contributed by atoms with Crippen LogP contribution in [0.4, 0.5) is 9.93 Å². The van der Waals surface area contributed by atoms with Gasteiger partial charge in [0.15, 0.2) is 5.13 Å². The quantitative estimate of drug-likeness (QED) is 0.873. The molecule has 2 amide bonds. The number of anilines is 1. The molecule has 0 bridgehead atoms. The van der Waals surface area contributed by atoms with Crippen LogP contribution in [-0.2, 0) is 17.8 Å². The number of nitrogens with one attached hydrogen (secondary N) is 2. The number of hydrogen-bond donors (Lipinski definition) is 2. The molecule has 0 radical (unpaired) electrons. The summed E-state index contributed by atoms with van der Waals surface area (Å²) in [6.45, 7) is 6.94. The van der Waals surface area contributed by atoms with Crippen LogP contribution >= 0.6 is 11.3 Å². The number of thiazole rings is 1. The van der Waals surface area contributed by atoms with Gasteiger partial charge in [0.25, 0.3) is 0 Å². The summed E-state index contributed by atoms with van der Waals surface area (Å²) in [5.41, 5.74) is 3.26. The predicted molar refractivity (Wildman–Crippen MR) is 95.2 cm³/mol. The van der Waals surface area contributed by atoms with Gasteiger partial charge in [0.2, 0.25) is 0 Å².